The maximum Gasteiger partial charge on any atom is 0.244 e. The maximum atomic E-state index is 12.6. The Morgan fingerprint density at radius 3 is 2.39 bits per heavy atom. The number of hydrogen-bond acceptors (Lipinski definition) is 4. The topological polar surface area (TPSA) is 84.2 Å². The molecule has 1 unspecified atom stereocenters. The van der Waals surface area contributed by atoms with E-state index in [1.807, 2.05) is 51.1 Å². The van der Waals surface area contributed by atoms with Gasteiger partial charge in [-0.2, -0.15) is 5.10 Å². The van der Waals surface area contributed by atoms with Crippen LogP contribution in [0.4, 0.5) is 0 Å². The minimum atomic E-state index is -3.75. The molecule has 1 aromatic heterocycles. The van der Waals surface area contributed by atoms with E-state index in [0.29, 0.717) is 5.69 Å². The van der Waals surface area contributed by atoms with Gasteiger partial charge in [0.1, 0.15) is 4.90 Å². The fourth-order valence-electron chi connectivity index (χ4n) is 2.10. The fraction of sp³-hybridized carbons (Fsp3) is 0.438. The summed E-state index contributed by atoms with van der Waals surface area (Å²) in [5.41, 5.74) is 0.837. The highest BCUT2D eigenvalue weighted by atomic mass is 32.2. The molecule has 0 amide bonds. The Bertz CT molecular complexity index is 760. The van der Waals surface area contributed by atoms with Crippen molar-refractivity contribution in [2.75, 3.05) is 6.54 Å². The number of nitrogens with zero attached hydrogens (tertiary/aromatic N) is 2. The van der Waals surface area contributed by atoms with Gasteiger partial charge in [0.05, 0.1) is 23.7 Å². The summed E-state index contributed by atoms with van der Waals surface area (Å²) in [6.07, 6.45) is 0.757. The summed E-state index contributed by atoms with van der Waals surface area (Å²) in [5.74, 6) is 0. The van der Waals surface area contributed by atoms with Crippen LogP contribution in [0.15, 0.2) is 41.4 Å². The van der Waals surface area contributed by atoms with Gasteiger partial charge in [-0.05, 0) is 19.1 Å². The summed E-state index contributed by atoms with van der Waals surface area (Å²) in [4.78, 5) is 0.134. The predicted molar refractivity (Wildman–Crippen MR) is 89.1 cm³/mol. The van der Waals surface area contributed by atoms with Gasteiger partial charge >= 0.3 is 0 Å². The van der Waals surface area contributed by atoms with E-state index >= 15 is 0 Å². The van der Waals surface area contributed by atoms with Gasteiger partial charge in [0.15, 0.2) is 0 Å². The molecular weight excluding hydrogens is 314 g/mol. The number of benzene rings is 1. The van der Waals surface area contributed by atoms with Crippen LogP contribution in [0.2, 0.25) is 0 Å². The lowest BCUT2D eigenvalue weighted by Crippen LogP contribution is -2.32. The van der Waals surface area contributed by atoms with Crippen molar-refractivity contribution in [2.24, 2.45) is 0 Å². The molecule has 0 bridgehead atoms. The first kappa shape index (κ1) is 17.7. The third kappa shape index (κ3) is 4.19. The van der Waals surface area contributed by atoms with E-state index in [0.717, 1.165) is 5.69 Å². The first-order valence-electron chi connectivity index (χ1n) is 7.44. The molecule has 126 valence electrons. The van der Waals surface area contributed by atoms with Gasteiger partial charge in [0, 0.05) is 12.0 Å². The zero-order valence-corrected chi connectivity index (χ0v) is 14.6. The first-order valence-corrected chi connectivity index (χ1v) is 8.93. The van der Waals surface area contributed by atoms with Crippen molar-refractivity contribution in [3.05, 3.63) is 42.2 Å². The number of aliphatic hydroxyl groups excluding tert-OH is 1. The summed E-state index contributed by atoms with van der Waals surface area (Å²) < 4.78 is 29.1. The Morgan fingerprint density at radius 1 is 1.26 bits per heavy atom. The normalized spacial score (nSPS) is 14.0. The molecular formula is C16H23N3O3S. The summed E-state index contributed by atoms with van der Waals surface area (Å²) in [6.45, 7) is 7.23. The smallest absolute Gasteiger partial charge is 0.244 e. The van der Waals surface area contributed by atoms with Crippen LogP contribution in [-0.4, -0.2) is 36.0 Å². The number of aliphatic hydroxyl groups is 1. The molecule has 1 atom stereocenters. The van der Waals surface area contributed by atoms with Crippen molar-refractivity contribution in [2.45, 2.75) is 44.1 Å². The molecule has 0 radical (unpaired) electrons. The molecule has 1 aromatic carbocycles. The molecule has 0 aliphatic carbocycles. The van der Waals surface area contributed by atoms with E-state index in [4.69, 9.17) is 0 Å². The van der Waals surface area contributed by atoms with Crippen molar-refractivity contribution in [3.63, 3.8) is 0 Å². The molecule has 2 rings (SSSR count). The van der Waals surface area contributed by atoms with Gasteiger partial charge in [-0.25, -0.2) is 17.8 Å². The van der Waals surface area contributed by atoms with Gasteiger partial charge in [0.25, 0.3) is 0 Å². The highest BCUT2D eigenvalue weighted by Crippen LogP contribution is 2.28. The molecule has 23 heavy (non-hydrogen) atoms. The Balaban J connectivity index is 2.52. The number of nitrogens with one attached hydrogen (secondary N) is 1. The Morgan fingerprint density at radius 2 is 1.87 bits per heavy atom. The summed E-state index contributed by atoms with van der Waals surface area (Å²) >= 11 is 0. The molecule has 7 heteroatoms. The second kappa shape index (κ2) is 6.43. The van der Waals surface area contributed by atoms with Gasteiger partial charge in [0.2, 0.25) is 10.0 Å². The lowest BCUT2D eigenvalue weighted by atomic mass is 9.92. The number of sulfonamides is 1. The first-order chi connectivity index (χ1) is 10.6. The molecule has 0 aliphatic heterocycles. The number of aromatic nitrogens is 2. The van der Waals surface area contributed by atoms with Crippen molar-refractivity contribution in [1.29, 1.82) is 0 Å². The van der Waals surface area contributed by atoms with Crippen molar-refractivity contribution < 1.29 is 13.5 Å². The summed E-state index contributed by atoms with van der Waals surface area (Å²) in [6, 6.07) is 9.35. The number of hydrogen-bond donors (Lipinski definition) is 2. The van der Waals surface area contributed by atoms with Gasteiger partial charge in [-0.1, -0.05) is 39.0 Å². The van der Waals surface area contributed by atoms with Crippen LogP contribution in [0.25, 0.3) is 5.69 Å². The van der Waals surface area contributed by atoms with Gasteiger partial charge in [-0.15, -0.1) is 0 Å². The summed E-state index contributed by atoms with van der Waals surface area (Å²) in [5, 5.41) is 13.8. The standard InChI is InChI=1S/C16H23N3O3S/c1-12(20)10-17-23(21,22)14-11-19(13-8-6-5-7-9-13)18-15(14)16(2,3)4/h5-9,11-12,17,20H,10H2,1-4H3. The second-order valence-electron chi connectivity index (χ2n) is 6.57. The Labute approximate surface area is 137 Å². The van der Waals surface area contributed by atoms with E-state index in [-0.39, 0.29) is 11.4 Å². The monoisotopic (exact) mass is 337 g/mol. The molecule has 6 nitrogen and oxygen atoms in total. The van der Waals surface area contributed by atoms with Crippen LogP contribution in [-0.2, 0) is 15.4 Å². The zero-order chi connectivity index (χ0) is 17.3. The van der Waals surface area contributed by atoms with E-state index in [9.17, 15) is 13.5 Å². The van der Waals surface area contributed by atoms with E-state index < -0.39 is 21.5 Å². The SMILES string of the molecule is CC(O)CNS(=O)(=O)c1cn(-c2ccccc2)nc1C(C)(C)C. The summed E-state index contributed by atoms with van der Waals surface area (Å²) in [7, 11) is -3.75. The van der Waals surface area contributed by atoms with Crippen molar-refractivity contribution in [1.82, 2.24) is 14.5 Å². The molecule has 0 saturated carbocycles. The predicted octanol–water partition coefficient (Wildman–Crippen LogP) is 1.83. The minimum absolute atomic E-state index is 0.0393. The van der Waals surface area contributed by atoms with Gasteiger partial charge in [-0.3, -0.25) is 0 Å². The largest absolute Gasteiger partial charge is 0.392 e. The molecule has 0 aliphatic rings. The lowest BCUT2D eigenvalue weighted by molar-refractivity contribution is 0.198. The van der Waals surface area contributed by atoms with Crippen LogP contribution < -0.4 is 4.72 Å². The Hall–Kier alpha value is -1.70. The molecule has 0 fully saturated rings. The third-order valence-electron chi connectivity index (χ3n) is 3.27. The molecule has 1 heterocycles. The quantitative estimate of drug-likeness (QED) is 0.872. The average Bonchev–Trinajstić information content (AvgIpc) is 2.92. The lowest BCUT2D eigenvalue weighted by Gasteiger charge is -2.17. The van der Waals surface area contributed by atoms with Gasteiger partial charge < -0.3 is 5.11 Å². The van der Waals surface area contributed by atoms with Crippen LogP contribution in [0.3, 0.4) is 0 Å². The number of rotatable bonds is 5. The molecule has 2 aromatic rings. The van der Waals surface area contributed by atoms with Crippen LogP contribution in [0.5, 0.6) is 0 Å². The zero-order valence-electron chi connectivity index (χ0n) is 13.8. The maximum absolute atomic E-state index is 12.6. The Kier molecular flexibility index (Phi) is 4.93. The van der Waals surface area contributed by atoms with Crippen LogP contribution in [0, 0.1) is 0 Å². The molecule has 0 saturated heterocycles. The average molecular weight is 337 g/mol. The van der Waals surface area contributed by atoms with Crippen molar-refractivity contribution in [3.8, 4) is 5.69 Å². The van der Waals surface area contributed by atoms with E-state index in [1.165, 1.54) is 13.1 Å². The molecule has 2 N–H and O–H groups in total. The third-order valence-corrected chi connectivity index (χ3v) is 4.69. The van der Waals surface area contributed by atoms with Crippen molar-refractivity contribution >= 4 is 10.0 Å². The fourth-order valence-corrected chi connectivity index (χ4v) is 3.55. The number of para-hydroxylation sites is 1. The van der Waals surface area contributed by atoms with Crippen LogP contribution in [0.1, 0.15) is 33.4 Å². The highest BCUT2D eigenvalue weighted by Gasteiger charge is 2.30. The highest BCUT2D eigenvalue weighted by molar-refractivity contribution is 7.89. The second-order valence-corrected chi connectivity index (χ2v) is 8.31. The van der Waals surface area contributed by atoms with E-state index in [1.54, 1.807) is 4.68 Å². The molecule has 0 spiro atoms. The minimum Gasteiger partial charge on any atom is -0.392 e. The van der Waals surface area contributed by atoms with E-state index in [2.05, 4.69) is 9.82 Å². The van der Waals surface area contributed by atoms with Crippen LogP contribution >= 0.6 is 0 Å².